The van der Waals surface area contributed by atoms with Crippen molar-refractivity contribution < 1.29 is 0 Å². The first-order chi connectivity index (χ1) is 4.68. The van der Waals surface area contributed by atoms with E-state index in [-0.39, 0.29) is 0 Å². The van der Waals surface area contributed by atoms with Crippen molar-refractivity contribution in [3.8, 4) is 0 Å². The van der Waals surface area contributed by atoms with Gasteiger partial charge in [-0.25, -0.2) is 0 Å². The van der Waals surface area contributed by atoms with E-state index in [9.17, 15) is 0 Å². The Balaban J connectivity index is 2.18. The minimum Gasteiger partial charge on any atom is -0.310 e. The van der Waals surface area contributed by atoms with Crippen LogP contribution in [0.25, 0.3) is 0 Å². The number of nitrogens with zero attached hydrogens (tertiary/aromatic N) is 1. The third-order valence-electron chi connectivity index (χ3n) is 2.05. The number of likely N-dealkylation sites (N-methyl/N-ethyl adjacent to an activating group) is 1. The van der Waals surface area contributed by atoms with Crippen molar-refractivity contribution in [2.24, 2.45) is 0 Å². The first kappa shape index (κ1) is 8.02. The highest BCUT2D eigenvalue weighted by molar-refractivity contribution is 4.81. The van der Waals surface area contributed by atoms with Gasteiger partial charge in [-0.05, 0) is 33.9 Å². The van der Waals surface area contributed by atoms with Gasteiger partial charge in [0.15, 0.2) is 0 Å². The van der Waals surface area contributed by atoms with Crippen LogP contribution in [-0.2, 0) is 0 Å². The summed E-state index contributed by atoms with van der Waals surface area (Å²) in [6.45, 7) is 3.44. The van der Waals surface area contributed by atoms with E-state index >= 15 is 0 Å². The molecule has 0 aromatic heterocycles. The Kier molecular flexibility index (Phi) is 2.69. The lowest BCUT2D eigenvalue weighted by Gasteiger charge is -2.16. The average Bonchev–Trinajstić information content (AvgIpc) is 2.13. The van der Waals surface area contributed by atoms with Gasteiger partial charge in [-0.2, -0.15) is 0 Å². The van der Waals surface area contributed by atoms with Crippen molar-refractivity contribution in [2.75, 3.05) is 20.6 Å². The molecule has 1 heterocycles. The standard InChI is InChI=1S/C8H18N2/c1-7-4-5-8(9-7)6-10(2)3/h7-9H,4-6H2,1-3H3. The summed E-state index contributed by atoms with van der Waals surface area (Å²) in [6.07, 6.45) is 2.69. The fraction of sp³-hybridized carbons (Fsp3) is 1.00. The number of hydrogen-bond donors (Lipinski definition) is 1. The molecule has 10 heavy (non-hydrogen) atoms. The van der Waals surface area contributed by atoms with E-state index in [1.54, 1.807) is 0 Å². The van der Waals surface area contributed by atoms with Gasteiger partial charge < -0.3 is 10.2 Å². The predicted octanol–water partition coefficient (Wildman–Crippen LogP) is 0.688. The Hall–Kier alpha value is -0.0800. The minimum atomic E-state index is 0.741. The highest BCUT2D eigenvalue weighted by Gasteiger charge is 2.19. The highest BCUT2D eigenvalue weighted by Crippen LogP contribution is 2.11. The molecule has 0 aromatic rings. The minimum absolute atomic E-state index is 0.741. The van der Waals surface area contributed by atoms with Gasteiger partial charge in [0.25, 0.3) is 0 Å². The van der Waals surface area contributed by atoms with Crippen LogP contribution in [0.15, 0.2) is 0 Å². The van der Waals surface area contributed by atoms with Crippen LogP contribution in [0.3, 0.4) is 0 Å². The van der Waals surface area contributed by atoms with Gasteiger partial charge >= 0.3 is 0 Å². The SMILES string of the molecule is CC1CCC(CN(C)C)N1. The van der Waals surface area contributed by atoms with Gasteiger partial charge in [0.1, 0.15) is 0 Å². The van der Waals surface area contributed by atoms with E-state index in [0.717, 1.165) is 12.1 Å². The molecular formula is C8H18N2. The molecule has 1 aliphatic heterocycles. The molecule has 0 radical (unpaired) electrons. The van der Waals surface area contributed by atoms with Crippen molar-refractivity contribution in [2.45, 2.75) is 31.8 Å². The third-order valence-corrected chi connectivity index (χ3v) is 2.05. The van der Waals surface area contributed by atoms with Crippen LogP contribution in [0.1, 0.15) is 19.8 Å². The Morgan fingerprint density at radius 1 is 1.40 bits per heavy atom. The van der Waals surface area contributed by atoms with Crippen LogP contribution in [0.2, 0.25) is 0 Å². The molecule has 1 N–H and O–H groups in total. The lowest BCUT2D eigenvalue weighted by Crippen LogP contribution is -2.35. The van der Waals surface area contributed by atoms with Crippen LogP contribution in [0.5, 0.6) is 0 Å². The highest BCUT2D eigenvalue weighted by atomic mass is 15.1. The fourth-order valence-corrected chi connectivity index (χ4v) is 1.60. The molecule has 0 saturated carbocycles. The summed E-state index contributed by atoms with van der Waals surface area (Å²) in [5, 5.41) is 3.54. The van der Waals surface area contributed by atoms with Gasteiger partial charge in [0, 0.05) is 18.6 Å². The lowest BCUT2D eigenvalue weighted by atomic mass is 10.2. The monoisotopic (exact) mass is 142 g/mol. The summed E-state index contributed by atoms with van der Waals surface area (Å²) in [5.41, 5.74) is 0. The summed E-state index contributed by atoms with van der Waals surface area (Å²) >= 11 is 0. The second kappa shape index (κ2) is 3.35. The van der Waals surface area contributed by atoms with E-state index in [4.69, 9.17) is 0 Å². The fourth-order valence-electron chi connectivity index (χ4n) is 1.60. The van der Waals surface area contributed by atoms with E-state index in [1.807, 2.05) is 0 Å². The van der Waals surface area contributed by atoms with Gasteiger partial charge in [0.05, 0.1) is 0 Å². The smallest absolute Gasteiger partial charge is 0.0197 e. The molecule has 2 nitrogen and oxygen atoms in total. The Labute approximate surface area is 63.6 Å². The molecule has 60 valence electrons. The first-order valence-electron chi connectivity index (χ1n) is 4.09. The van der Waals surface area contributed by atoms with E-state index in [2.05, 4.69) is 31.2 Å². The van der Waals surface area contributed by atoms with E-state index < -0.39 is 0 Å². The van der Waals surface area contributed by atoms with Crippen molar-refractivity contribution >= 4 is 0 Å². The van der Waals surface area contributed by atoms with E-state index in [0.29, 0.717) is 0 Å². The van der Waals surface area contributed by atoms with Crippen molar-refractivity contribution in [1.29, 1.82) is 0 Å². The molecule has 0 amide bonds. The molecule has 2 atom stereocenters. The maximum Gasteiger partial charge on any atom is 0.0197 e. The Bertz CT molecular complexity index is 101. The predicted molar refractivity (Wildman–Crippen MR) is 44.2 cm³/mol. The van der Waals surface area contributed by atoms with Crippen molar-refractivity contribution in [3.63, 3.8) is 0 Å². The zero-order chi connectivity index (χ0) is 7.56. The molecule has 0 bridgehead atoms. The molecule has 0 spiro atoms. The maximum absolute atomic E-state index is 3.54. The second-order valence-electron chi connectivity index (χ2n) is 3.60. The average molecular weight is 142 g/mol. The Morgan fingerprint density at radius 3 is 2.50 bits per heavy atom. The number of hydrogen-bond acceptors (Lipinski definition) is 2. The molecule has 1 saturated heterocycles. The van der Waals surface area contributed by atoms with Crippen molar-refractivity contribution in [3.05, 3.63) is 0 Å². The van der Waals surface area contributed by atoms with Gasteiger partial charge in [-0.15, -0.1) is 0 Å². The zero-order valence-corrected chi connectivity index (χ0v) is 7.22. The largest absolute Gasteiger partial charge is 0.310 e. The van der Waals surface area contributed by atoms with Crippen LogP contribution >= 0.6 is 0 Å². The molecule has 1 aliphatic rings. The second-order valence-corrected chi connectivity index (χ2v) is 3.60. The Morgan fingerprint density at radius 2 is 2.10 bits per heavy atom. The molecule has 0 aromatic carbocycles. The summed E-state index contributed by atoms with van der Waals surface area (Å²) in [7, 11) is 4.26. The first-order valence-corrected chi connectivity index (χ1v) is 4.09. The molecule has 1 rings (SSSR count). The molecule has 1 fully saturated rings. The molecule has 2 unspecified atom stereocenters. The number of rotatable bonds is 2. The summed E-state index contributed by atoms with van der Waals surface area (Å²) in [6, 6.07) is 1.48. The molecule has 2 heteroatoms. The van der Waals surface area contributed by atoms with Crippen LogP contribution in [0, 0.1) is 0 Å². The number of nitrogens with one attached hydrogen (secondary N) is 1. The summed E-state index contributed by atoms with van der Waals surface area (Å²) < 4.78 is 0. The molecule has 0 aliphatic carbocycles. The molecular weight excluding hydrogens is 124 g/mol. The van der Waals surface area contributed by atoms with Crippen LogP contribution in [0.4, 0.5) is 0 Å². The van der Waals surface area contributed by atoms with Gasteiger partial charge in [-0.3, -0.25) is 0 Å². The summed E-state index contributed by atoms with van der Waals surface area (Å²) in [4.78, 5) is 2.25. The van der Waals surface area contributed by atoms with Crippen molar-refractivity contribution in [1.82, 2.24) is 10.2 Å². The zero-order valence-electron chi connectivity index (χ0n) is 7.22. The summed E-state index contributed by atoms with van der Waals surface area (Å²) in [5.74, 6) is 0. The third kappa shape index (κ3) is 2.27. The van der Waals surface area contributed by atoms with Crippen LogP contribution < -0.4 is 5.32 Å². The quantitative estimate of drug-likeness (QED) is 0.610. The van der Waals surface area contributed by atoms with Gasteiger partial charge in [0.2, 0.25) is 0 Å². The van der Waals surface area contributed by atoms with Crippen LogP contribution in [-0.4, -0.2) is 37.6 Å². The lowest BCUT2D eigenvalue weighted by molar-refractivity contribution is 0.352. The van der Waals surface area contributed by atoms with Gasteiger partial charge in [-0.1, -0.05) is 0 Å². The normalized spacial score (nSPS) is 33.6. The maximum atomic E-state index is 3.54. The van der Waals surface area contributed by atoms with E-state index in [1.165, 1.54) is 19.4 Å². The topological polar surface area (TPSA) is 15.3 Å².